The lowest BCUT2D eigenvalue weighted by atomic mass is 9.87. The van der Waals surface area contributed by atoms with E-state index in [1.54, 1.807) is 6.07 Å². The number of nitrogens with zero attached hydrogens (tertiary/aromatic N) is 3. The van der Waals surface area contributed by atoms with Crippen molar-refractivity contribution in [3.05, 3.63) is 132 Å². The summed E-state index contributed by atoms with van der Waals surface area (Å²) in [7, 11) is 0. The lowest BCUT2D eigenvalue weighted by Crippen LogP contribution is -2.11. The molecule has 2 aromatic heterocycles. The van der Waals surface area contributed by atoms with Crippen LogP contribution < -0.4 is 0 Å². The highest BCUT2D eigenvalue weighted by molar-refractivity contribution is 5.99. The highest BCUT2D eigenvalue weighted by Crippen LogP contribution is 2.39. The molecule has 0 bridgehead atoms. The van der Waals surface area contributed by atoms with E-state index in [1.165, 1.54) is 16.5 Å². The van der Waals surface area contributed by atoms with Crippen LogP contribution in [0, 0.1) is 13.8 Å². The number of hydrogen-bond acceptors (Lipinski definition) is 3. The van der Waals surface area contributed by atoms with Gasteiger partial charge in [-0.2, -0.15) is 0 Å². The van der Waals surface area contributed by atoms with E-state index in [0.29, 0.717) is 11.4 Å². The van der Waals surface area contributed by atoms with E-state index in [-0.39, 0.29) is 11.2 Å². The molecule has 2 heterocycles. The Hall–Kier alpha value is -5.22. The summed E-state index contributed by atoms with van der Waals surface area (Å²) in [5.41, 5.74) is 12.6. The molecule has 1 N–H and O–H groups in total. The van der Waals surface area contributed by atoms with Crippen LogP contribution in [0.2, 0.25) is 0 Å². The van der Waals surface area contributed by atoms with E-state index < -0.39 is 0 Å². The number of aryl methyl sites for hydroxylation is 2. The number of phenols is 1. The van der Waals surface area contributed by atoms with Gasteiger partial charge in [0.15, 0.2) is 0 Å². The Morgan fingerprint density at radius 3 is 2.07 bits per heavy atom. The highest BCUT2D eigenvalue weighted by atomic mass is 16.3. The van der Waals surface area contributed by atoms with Crippen molar-refractivity contribution in [2.45, 2.75) is 40.0 Å². The first-order chi connectivity index (χ1) is 21.2. The lowest BCUT2D eigenvalue weighted by molar-refractivity contribution is 0.477. The number of pyridine rings is 1. The molecule has 0 aliphatic carbocycles. The first-order valence-corrected chi connectivity index (χ1v) is 15.1. The molecule has 4 nitrogen and oxygen atoms in total. The second kappa shape index (κ2) is 10.5. The topological polar surface area (TPSA) is 50.9 Å². The van der Waals surface area contributed by atoms with Crippen LogP contribution in [0.25, 0.3) is 61.3 Å². The molecule has 0 amide bonds. The van der Waals surface area contributed by atoms with E-state index in [4.69, 9.17) is 9.97 Å². The molecule has 0 atom stereocenters. The molecule has 0 saturated carbocycles. The zero-order valence-corrected chi connectivity index (χ0v) is 25.8. The van der Waals surface area contributed by atoms with Gasteiger partial charge < -0.3 is 5.11 Å². The van der Waals surface area contributed by atoms with E-state index in [2.05, 4.69) is 124 Å². The molecule has 0 saturated heterocycles. The maximum atomic E-state index is 10.9. The van der Waals surface area contributed by atoms with Crippen molar-refractivity contribution in [3.8, 4) is 45.1 Å². The summed E-state index contributed by atoms with van der Waals surface area (Å²) in [4.78, 5) is 10.1. The second-order valence-corrected chi connectivity index (χ2v) is 12.7. The zero-order chi connectivity index (χ0) is 30.6. The van der Waals surface area contributed by atoms with Crippen LogP contribution in [0.5, 0.6) is 5.75 Å². The first-order valence-electron chi connectivity index (χ1n) is 15.1. The van der Waals surface area contributed by atoms with Gasteiger partial charge in [0.1, 0.15) is 11.6 Å². The summed E-state index contributed by atoms with van der Waals surface area (Å²) in [6.07, 6.45) is 1.94. The Morgan fingerprint density at radius 2 is 1.34 bits per heavy atom. The molecular formula is C40H35N3O. The molecular weight excluding hydrogens is 538 g/mol. The standard InChI is InChI=1S/C40H35N3O/c1-25-22-34-26(2)16-21-32(37(34)41-24-25)28-11-8-10-27(23-28)31-13-9-14-35-38(31)42-39(33-12-6-7-15-36(33)44)43(35)30-19-17-29(18-20-30)40(3,4)5/h6-24,44H,1-5H3. The van der Waals surface area contributed by atoms with Crippen molar-refractivity contribution in [1.29, 1.82) is 0 Å². The zero-order valence-electron chi connectivity index (χ0n) is 25.8. The summed E-state index contributed by atoms with van der Waals surface area (Å²) in [6, 6.07) is 37.6. The van der Waals surface area contributed by atoms with Crippen molar-refractivity contribution < 1.29 is 5.11 Å². The molecule has 216 valence electrons. The average Bonchev–Trinajstić information content (AvgIpc) is 3.41. The fraction of sp³-hybridized carbons (Fsp3) is 0.150. The number of benzene rings is 5. The average molecular weight is 574 g/mol. The van der Waals surface area contributed by atoms with Gasteiger partial charge in [0.25, 0.3) is 0 Å². The number of aromatic nitrogens is 3. The minimum absolute atomic E-state index is 0.0470. The van der Waals surface area contributed by atoms with Gasteiger partial charge in [-0.15, -0.1) is 0 Å². The molecule has 7 rings (SSSR count). The molecule has 7 aromatic rings. The maximum absolute atomic E-state index is 10.9. The van der Waals surface area contributed by atoms with E-state index in [0.717, 1.165) is 50.1 Å². The Morgan fingerprint density at radius 1 is 0.659 bits per heavy atom. The number of imidazole rings is 1. The normalized spacial score (nSPS) is 11.8. The number of hydrogen-bond donors (Lipinski definition) is 1. The Bertz CT molecular complexity index is 2180. The summed E-state index contributed by atoms with van der Waals surface area (Å²) < 4.78 is 2.16. The van der Waals surface area contributed by atoms with Gasteiger partial charge in [0, 0.05) is 28.4 Å². The van der Waals surface area contributed by atoms with Crippen LogP contribution in [0.1, 0.15) is 37.5 Å². The fourth-order valence-corrected chi connectivity index (χ4v) is 6.10. The van der Waals surface area contributed by atoms with Crippen LogP contribution in [0.3, 0.4) is 0 Å². The molecule has 5 aromatic carbocycles. The maximum Gasteiger partial charge on any atom is 0.149 e. The molecule has 0 unspecified atom stereocenters. The summed E-state index contributed by atoms with van der Waals surface area (Å²) in [6.45, 7) is 10.9. The molecule has 0 aliphatic heterocycles. The number of para-hydroxylation sites is 2. The van der Waals surface area contributed by atoms with Crippen molar-refractivity contribution in [2.75, 3.05) is 0 Å². The van der Waals surface area contributed by atoms with Crippen LogP contribution in [-0.4, -0.2) is 19.6 Å². The van der Waals surface area contributed by atoms with E-state index in [1.807, 2.05) is 24.4 Å². The predicted octanol–water partition coefficient (Wildman–Crippen LogP) is 10.2. The van der Waals surface area contributed by atoms with Gasteiger partial charge in [-0.3, -0.25) is 9.55 Å². The Labute approximate surface area is 258 Å². The third kappa shape index (κ3) is 4.73. The molecule has 0 aliphatic rings. The summed E-state index contributed by atoms with van der Waals surface area (Å²) in [5, 5.41) is 12.1. The number of phenolic OH excluding ortho intramolecular Hbond substituents is 1. The van der Waals surface area contributed by atoms with Gasteiger partial charge in [0.05, 0.1) is 22.1 Å². The van der Waals surface area contributed by atoms with Gasteiger partial charge in [0.2, 0.25) is 0 Å². The van der Waals surface area contributed by atoms with E-state index in [9.17, 15) is 5.11 Å². The van der Waals surface area contributed by atoms with Gasteiger partial charge >= 0.3 is 0 Å². The third-order valence-electron chi connectivity index (χ3n) is 8.51. The smallest absolute Gasteiger partial charge is 0.149 e. The Kier molecular flexibility index (Phi) is 6.58. The minimum Gasteiger partial charge on any atom is -0.507 e. The van der Waals surface area contributed by atoms with Gasteiger partial charge in [-0.1, -0.05) is 87.5 Å². The molecule has 4 heteroatoms. The van der Waals surface area contributed by atoms with Crippen molar-refractivity contribution >= 4 is 21.9 Å². The Balaban J connectivity index is 1.44. The molecule has 0 radical (unpaired) electrons. The predicted molar refractivity (Wildman–Crippen MR) is 183 cm³/mol. The quantitative estimate of drug-likeness (QED) is 0.228. The number of aromatic hydroxyl groups is 1. The first kappa shape index (κ1) is 27.6. The number of fused-ring (bicyclic) bond motifs is 2. The van der Waals surface area contributed by atoms with Crippen molar-refractivity contribution in [2.24, 2.45) is 0 Å². The highest BCUT2D eigenvalue weighted by Gasteiger charge is 2.21. The lowest BCUT2D eigenvalue weighted by Gasteiger charge is -2.19. The SMILES string of the molecule is Cc1cnc2c(-c3cccc(-c4cccc5c4nc(-c4ccccc4O)n5-c4ccc(C(C)(C)C)cc4)c3)ccc(C)c2c1. The largest absolute Gasteiger partial charge is 0.507 e. The van der Waals surface area contributed by atoms with Crippen molar-refractivity contribution in [3.63, 3.8) is 0 Å². The van der Waals surface area contributed by atoms with Crippen LogP contribution in [0.4, 0.5) is 0 Å². The van der Waals surface area contributed by atoms with Crippen LogP contribution in [0.15, 0.2) is 115 Å². The number of rotatable bonds is 4. The monoisotopic (exact) mass is 573 g/mol. The second-order valence-electron chi connectivity index (χ2n) is 12.7. The van der Waals surface area contributed by atoms with Crippen LogP contribution >= 0.6 is 0 Å². The van der Waals surface area contributed by atoms with Gasteiger partial charge in [-0.05, 0) is 89.5 Å². The third-order valence-corrected chi connectivity index (χ3v) is 8.51. The summed E-state index contributed by atoms with van der Waals surface area (Å²) >= 11 is 0. The molecule has 0 fully saturated rings. The van der Waals surface area contributed by atoms with E-state index >= 15 is 0 Å². The van der Waals surface area contributed by atoms with Crippen LogP contribution in [-0.2, 0) is 5.41 Å². The molecule has 0 spiro atoms. The fourth-order valence-electron chi connectivity index (χ4n) is 6.10. The van der Waals surface area contributed by atoms with Gasteiger partial charge in [-0.25, -0.2) is 4.98 Å². The van der Waals surface area contributed by atoms with Crippen molar-refractivity contribution in [1.82, 2.24) is 14.5 Å². The minimum atomic E-state index is 0.0470. The molecule has 44 heavy (non-hydrogen) atoms. The summed E-state index contributed by atoms with van der Waals surface area (Å²) in [5.74, 6) is 0.905.